The highest BCUT2D eigenvalue weighted by Crippen LogP contribution is 2.32. The van der Waals surface area contributed by atoms with Crippen LogP contribution in [0.5, 0.6) is 0 Å². The van der Waals surface area contributed by atoms with Crippen LogP contribution < -0.4 is 10.2 Å². The number of β-amino-alcohol motifs (C(OH)–C–C–N with tert-alkyl or cyclic N) is 1. The molecule has 0 radical (unpaired) electrons. The first-order chi connectivity index (χ1) is 20.7. The van der Waals surface area contributed by atoms with E-state index in [0.29, 0.717) is 22.1 Å². The highest BCUT2D eigenvalue weighted by atomic mass is 35.5. The van der Waals surface area contributed by atoms with Gasteiger partial charge in [0.25, 0.3) is 0 Å². The van der Waals surface area contributed by atoms with Crippen LogP contribution in [0.25, 0.3) is 16.6 Å². The van der Waals surface area contributed by atoms with Crippen LogP contribution in [0.4, 0.5) is 15.8 Å². The second-order valence-electron chi connectivity index (χ2n) is 10.2. The molecule has 3 aromatic carbocycles. The smallest absolute Gasteiger partial charge is 0.247 e. The first-order valence-corrected chi connectivity index (χ1v) is 14.0. The summed E-state index contributed by atoms with van der Waals surface area (Å²) in [5.41, 5.74) is 2.40. The summed E-state index contributed by atoms with van der Waals surface area (Å²) < 4.78 is 17.8. The van der Waals surface area contributed by atoms with Crippen molar-refractivity contribution in [1.82, 2.24) is 29.7 Å². The molecule has 2 N–H and O–H groups in total. The maximum Gasteiger partial charge on any atom is 0.247 e. The Labute approximate surface area is 255 Å². The van der Waals surface area contributed by atoms with Crippen molar-refractivity contribution in [3.8, 4) is 5.69 Å². The third-order valence-electron chi connectivity index (χ3n) is 7.24. The third kappa shape index (κ3) is 5.89. The van der Waals surface area contributed by atoms with E-state index < -0.39 is 29.9 Å². The van der Waals surface area contributed by atoms with E-state index in [4.69, 9.17) is 23.2 Å². The number of carbonyl (C=O) groups excluding carboxylic acids is 2. The molecule has 2 atom stereocenters. The van der Waals surface area contributed by atoms with Crippen LogP contribution in [-0.4, -0.2) is 72.0 Å². The molecular formula is C29H25Cl2FN8O3. The molecule has 2 amide bonds. The minimum Gasteiger partial charge on any atom is -0.372 e. The van der Waals surface area contributed by atoms with E-state index in [9.17, 15) is 19.1 Å². The molecule has 0 spiro atoms. The van der Waals surface area contributed by atoms with E-state index in [2.05, 4.69) is 20.7 Å². The Hall–Kier alpha value is -4.52. The third-order valence-corrected chi connectivity index (χ3v) is 7.65. The molecule has 5 aromatic rings. The Morgan fingerprint density at radius 1 is 1.12 bits per heavy atom. The first-order valence-electron chi connectivity index (χ1n) is 13.3. The number of hydrogen-bond donors (Lipinski definition) is 2. The molecule has 0 saturated carbocycles. The van der Waals surface area contributed by atoms with Crippen LogP contribution >= 0.6 is 23.2 Å². The number of amides is 2. The Balaban J connectivity index is 1.30. The fourth-order valence-electron chi connectivity index (χ4n) is 5.22. The summed E-state index contributed by atoms with van der Waals surface area (Å²) in [5, 5.41) is 27.7. The van der Waals surface area contributed by atoms with Crippen LogP contribution in [0.15, 0.2) is 73.1 Å². The second-order valence-corrected chi connectivity index (χ2v) is 11.0. The lowest BCUT2D eigenvalue weighted by Gasteiger charge is -2.42. The van der Waals surface area contributed by atoms with Crippen molar-refractivity contribution in [2.45, 2.75) is 18.7 Å². The van der Waals surface area contributed by atoms with Gasteiger partial charge in [-0.3, -0.25) is 14.3 Å². The number of rotatable bonds is 7. The van der Waals surface area contributed by atoms with Gasteiger partial charge in [-0.25, -0.2) is 9.07 Å². The number of carbonyl (C=O) groups is 2. The van der Waals surface area contributed by atoms with Gasteiger partial charge < -0.3 is 20.2 Å². The van der Waals surface area contributed by atoms with Crippen molar-refractivity contribution >= 4 is 57.3 Å². The lowest BCUT2D eigenvalue weighted by Crippen LogP contribution is -2.61. The summed E-state index contributed by atoms with van der Waals surface area (Å²) in [4.78, 5) is 30.2. The number of nitrogens with one attached hydrogen (secondary N) is 1. The predicted octanol–water partition coefficient (Wildman–Crippen LogP) is 3.82. The van der Waals surface area contributed by atoms with Gasteiger partial charge in [-0.2, -0.15) is 5.10 Å². The van der Waals surface area contributed by atoms with Gasteiger partial charge in [0.2, 0.25) is 11.8 Å². The Morgan fingerprint density at radius 3 is 2.70 bits per heavy atom. The van der Waals surface area contributed by atoms with Crippen molar-refractivity contribution in [1.29, 1.82) is 0 Å². The molecule has 3 heterocycles. The molecule has 11 nitrogen and oxygen atoms in total. The zero-order chi connectivity index (χ0) is 30.2. The largest absolute Gasteiger partial charge is 0.372 e. The quantitative estimate of drug-likeness (QED) is 0.283. The van der Waals surface area contributed by atoms with E-state index in [-0.39, 0.29) is 30.2 Å². The van der Waals surface area contributed by atoms with E-state index in [1.165, 1.54) is 26.7 Å². The number of hydrogen-bond acceptors (Lipinski definition) is 7. The van der Waals surface area contributed by atoms with Crippen LogP contribution in [0, 0.1) is 5.82 Å². The van der Waals surface area contributed by atoms with E-state index in [1.54, 1.807) is 66.3 Å². The van der Waals surface area contributed by atoms with E-state index >= 15 is 0 Å². The molecule has 43 heavy (non-hydrogen) atoms. The standard InChI is InChI=1S/C29H25Cl2FN8O3/c1-37-13-18-10-20(7-8-22(18)35-37)33-29(43)25(11-17-4-2-3-5-21(17)32)39-16-27(41)38(15-28(39)42)24-12-19(30)6-9-23(24)40-14-26(31)34-36-40/h2-10,12-14,25,27,41H,11,15-16H2,1H3,(H,33,43). The summed E-state index contributed by atoms with van der Waals surface area (Å²) in [6, 6.07) is 15.1. The molecule has 1 aliphatic rings. The number of halogens is 3. The van der Waals surface area contributed by atoms with Gasteiger partial charge >= 0.3 is 0 Å². The summed E-state index contributed by atoms with van der Waals surface area (Å²) in [5.74, 6) is -1.48. The normalized spacial score (nSPS) is 16.1. The molecule has 2 unspecified atom stereocenters. The first kappa shape index (κ1) is 28.6. The highest BCUT2D eigenvalue weighted by molar-refractivity contribution is 6.31. The number of piperazine rings is 1. The summed E-state index contributed by atoms with van der Waals surface area (Å²) in [7, 11) is 1.80. The molecule has 6 rings (SSSR count). The van der Waals surface area contributed by atoms with Crippen LogP contribution in [-0.2, 0) is 23.1 Å². The minimum atomic E-state index is -1.24. The molecule has 0 aliphatic carbocycles. The number of aliphatic hydroxyl groups is 1. The van der Waals surface area contributed by atoms with E-state index in [0.717, 1.165) is 10.9 Å². The molecule has 1 aliphatic heterocycles. The zero-order valence-corrected chi connectivity index (χ0v) is 24.2. The van der Waals surface area contributed by atoms with Gasteiger partial charge in [-0.05, 0) is 48.0 Å². The Bertz CT molecular complexity index is 1840. The van der Waals surface area contributed by atoms with Crippen molar-refractivity contribution in [2.75, 3.05) is 23.3 Å². The summed E-state index contributed by atoms with van der Waals surface area (Å²) >= 11 is 12.3. The molecule has 1 fully saturated rings. The van der Waals surface area contributed by atoms with Crippen molar-refractivity contribution in [3.05, 3.63) is 94.6 Å². The van der Waals surface area contributed by atoms with Crippen molar-refractivity contribution in [2.24, 2.45) is 7.05 Å². The fraction of sp³-hybridized carbons (Fsp3) is 0.207. The van der Waals surface area contributed by atoms with Gasteiger partial charge in [-0.1, -0.05) is 46.6 Å². The topological polar surface area (TPSA) is 121 Å². The SMILES string of the molecule is Cn1cc2cc(NC(=O)C(Cc3ccccc3F)N3CC(O)N(c4cc(Cl)ccc4-n4cc(Cl)nn4)CC3=O)ccc2n1. The number of nitrogens with zero attached hydrogens (tertiary/aromatic N) is 7. The van der Waals surface area contributed by atoms with Gasteiger partial charge in [0.15, 0.2) is 5.15 Å². The molecule has 1 saturated heterocycles. The number of aromatic nitrogens is 5. The van der Waals surface area contributed by atoms with Gasteiger partial charge in [0.1, 0.15) is 18.1 Å². The number of aryl methyl sites for hydroxylation is 1. The number of anilines is 2. The highest BCUT2D eigenvalue weighted by Gasteiger charge is 2.39. The van der Waals surface area contributed by atoms with Gasteiger partial charge in [0, 0.05) is 35.8 Å². The van der Waals surface area contributed by atoms with Crippen molar-refractivity contribution < 1.29 is 19.1 Å². The molecule has 14 heteroatoms. The van der Waals surface area contributed by atoms with Crippen LogP contribution in [0.3, 0.4) is 0 Å². The second kappa shape index (κ2) is 11.6. The zero-order valence-electron chi connectivity index (χ0n) is 22.7. The summed E-state index contributed by atoms with van der Waals surface area (Å²) in [6.07, 6.45) is 1.96. The number of aliphatic hydroxyl groups excluding tert-OH is 1. The Kier molecular flexibility index (Phi) is 7.74. The average molecular weight is 623 g/mol. The predicted molar refractivity (Wildman–Crippen MR) is 160 cm³/mol. The van der Waals surface area contributed by atoms with Gasteiger partial charge in [-0.15, -0.1) is 5.10 Å². The van der Waals surface area contributed by atoms with Crippen LogP contribution in [0.2, 0.25) is 10.2 Å². The molecule has 2 aromatic heterocycles. The number of fused-ring (bicyclic) bond motifs is 1. The monoisotopic (exact) mass is 622 g/mol. The maximum atomic E-state index is 14.7. The molecule has 220 valence electrons. The summed E-state index contributed by atoms with van der Waals surface area (Å²) in [6.45, 7) is -0.531. The fourth-order valence-corrected chi connectivity index (χ4v) is 5.51. The molecular weight excluding hydrogens is 598 g/mol. The average Bonchev–Trinajstić information content (AvgIpc) is 3.57. The Morgan fingerprint density at radius 2 is 1.93 bits per heavy atom. The van der Waals surface area contributed by atoms with Crippen molar-refractivity contribution in [3.63, 3.8) is 0 Å². The van der Waals surface area contributed by atoms with Gasteiger partial charge in [0.05, 0.1) is 36.2 Å². The lowest BCUT2D eigenvalue weighted by atomic mass is 10.0. The maximum absolute atomic E-state index is 14.7. The molecule has 0 bridgehead atoms. The number of benzene rings is 3. The lowest BCUT2D eigenvalue weighted by molar-refractivity contribution is -0.142. The van der Waals surface area contributed by atoms with E-state index in [1.807, 2.05) is 6.20 Å². The van der Waals surface area contributed by atoms with Crippen LogP contribution in [0.1, 0.15) is 5.56 Å². The minimum absolute atomic E-state index is 0.105.